The van der Waals surface area contributed by atoms with E-state index in [0.29, 0.717) is 0 Å². The van der Waals surface area contributed by atoms with Gasteiger partial charge in [0.2, 0.25) is 0 Å². The molecule has 96 valence electrons. The van der Waals surface area contributed by atoms with E-state index >= 15 is 0 Å². The topological polar surface area (TPSA) is 123 Å². The van der Waals surface area contributed by atoms with Crippen LogP contribution in [-0.4, -0.2) is 22.6 Å². The van der Waals surface area contributed by atoms with Gasteiger partial charge in [-0.3, -0.25) is 13.9 Å². The highest BCUT2D eigenvalue weighted by molar-refractivity contribution is 7.85. The highest BCUT2D eigenvalue weighted by atomic mass is 32.2. The lowest BCUT2D eigenvalue weighted by Gasteiger charge is -2.15. The highest BCUT2D eigenvalue weighted by Gasteiger charge is 2.18. The molecule has 8 heteroatoms. The number of nitrogens with zero attached hydrogens (tertiary/aromatic N) is 1. The summed E-state index contributed by atoms with van der Waals surface area (Å²) in [6.45, 7) is 2.93. The predicted octanol–water partition coefficient (Wildman–Crippen LogP) is -0.273. The van der Waals surface area contributed by atoms with Crippen molar-refractivity contribution in [2.45, 2.75) is 25.8 Å². The summed E-state index contributed by atoms with van der Waals surface area (Å²) >= 11 is 0. The van der Waals surface area contributed by atoms with Gasteiger partial charge in [0.1, 0.15) is 5.75 Å². The minimum absolute atomic E-state index is 0.109. The van der Waals surface area contributed by atoms with Gasteiger partial charge >= 0.3 is 0 Å². The molecule has 0 radical (unpaired) electrons. The number of hydrogen-bond acceptors (Lipinski definition) is 5. The van der Waals surface area contributed by atoms with Crippen molar-refractivity contribution in [1.29, 1.82) is 0 Å². The van der Waals surface area contributed by atoms with Crippen molar-refractivity contribution in [2.75, 3.05) is 0 Å². The third kappa shape index (κ3) is 3.05. The summed E-state index contributed by atoms with van der Waals surface area (Å²) in [6.07, 6.45) is -0.803. The Balaban J connectivity index is 3.52. The molecule has 0 fully saturated rings. The van der Waals surface area contributed by atoms with Gasteiger partial charge in [0.05, 0.1) is 6.17 Å². The van der Waals surface area contributed by atoms with Crippen molar-refractivity contribution >= 4 is 10.1 Å². The van der Waals surface area contributed by atoms with Crippen LogP contribution in [0.4, 0.5) is 0 Å². The first-order chi connectivity index (χ1) is 7.63. The molecule has 4 N–H and O–H groups in total. The van der Waals surface area contributed by atoms with Gasteiger partial charge in [-0.25, -0.2) is 0 Å². The average molecular weight is 262 g/mol. The monoisotopic (exact) mass is 262 g/mol. The zero-order valence-electron chi connectivity index (χ0n) is 9.41. The van der Waals surface area contributed by atoms with Gasteiger partial charge in [-0.1, -0.05) is 0 Å². The van der Waals surface area contributed by atoms with Crippen molar-refractivity contribution < 1.29 is 18.1 Å². The Morgan fingerprint density at radius 3 is 2.47 bits per heavy atom. The number of rotatable bonds is 3. The van der Waals surface area contributed by atoms with E-state index in [2.05, 4.69) is 0 Å². The van der Waals surface area contributed by atoms with Crippen LogP contribution in [0.15, 0.2) is 10.9 Å². The maximum Gasteiger partial charge on any atom is 0.269 e. The minimum Gasteiger partial charge on any atom is -0.494 e. The Kier molecular flexibility index (Phi) is 3.60. The molecule has 1 rings (SSSR count). The van der Waals surface area contributed by atoms with Gasteiger partial charge in [-0.2, -0.15) is 8.42 Å². The number of aromatic nitrogens is 1. The van der Waals surface area contributed by atoms with Gasteiger partial charge in [0.15, 0.2) is 5.88 Å². The standard InChI is InChI=1S/C9H14N2O5S/c1-5-3-8(12)11(6(2)10)9(13)7(5)4-17(14,15)16/h3,6,12H,4,10H2,1-2H3,(H,14,15,16). The van der Waals surface area contributed by atoms with Crippen molar-refractivity contribution in [3.05, 3.63) is 27.5 Å². The highest BCUT2D eigenvalue weighted by Crippen LogP contribution is 2.16. The second-order valence-corrected chi connectivity index (χ2v) is 5.26. The molecule has 0 aliphatic heterocycles. The van der Waals surface area contributed by atoms with Crippen molar-refractivity contribution in [3.8, 4) is 5.88 Å². The fourth-order valence-electron chi connectivity index (χ4n) is 1.52. The lowest BCUT2D eigenvalue weighted by atomic mass is 10.2. The molecule has 0 aliphatic rings. The molecule has 1 heterocycles. The van der Waals surface area contributed by atoms with E-state index in [1.165, 1.54) is 19.9 Å². The number of aromatic hydroxyl groups is 1. The van der Waals surface area contributed by atoms with Crippen LogP contribution in [0.5, 0.6) is 5.88 Å². The lowest BCUT2D eigenvalue weighted by molar-refractivity contribution is 0.380. The van der Waals surface area contributed by atoms with Gasteiger partial charge in [0.25, 0.3) is 15.7 Å². The van der Waals surface area contributed by atoms with E-state index in [4.69, 9.17) is 10.3 Å². The van der Waals surface area contributed by atoms with E-state index in [-0.39, 0.29) is 17.0 Å². The van der Waals surface area contributed by atoms with E-state index in [0.717, 1.165) is 4.57 Å². The summed E-state index contributed by atoms with van der Waals surface area (Å²) in [4.78, 5) is 11.9. The number of nitrogens with two attached hydrogens (primary N) is 1. The summed E-state index contributed by atoms with van der Waals surface area (Å²) < 4.78 is 31.2. The first-order valence-electron chi connectivity index (χ1n) is 4.78. The third-order valence-electron chi connectivity index (χ3n) is 2.28. The van der Waals surface area contributed by atoms with Crippen molar-refractivity contribution in [2.24, 2.45) is 5.73 Å². The molecule has 0 aromatic carbocycles. The molecular weight excluding hydrogens is 248 g/mol. The maximum absolute atomic E-state index is 11.9. The number of pyridine rings is 1. The van der Waals surface area contributed by atoms with Crippen LogP contribution in [0.1, 0.15) is 24.2 Å². The van der Waals surface area contributed by atoms with Crippen molar-refractivity contribution in [1.82, 2.24) is 4.57 Å². The van der Waals surface area contributed by atoms with Gasteiger partial charge in [-0.05, 0) is 19.4 Å². The summed E-state index contributed by atoms with van der Waals surface area (Å²) in [7, 11) is -4.31. The summed E-state index contributed by atoms with van der Waals surface area (Å²) in [5.74, 6) is -1.15. The Hall–Kier alpha value is -1.38. The quantitative estimate of drug-likeness (QED) is 0.644. The van der Waals surface area contributed by atoms with Crippen LogP contribution in [0.3, 0.4) is 0 Å². The summed E-state index contributed by atoms with van der Waals surface area (Å²) in [5, 5.41) is 9.54. The molecule has 1 aromatic rings. The molecule has 0 saturated heterocycles. The lowest BCUT2D eigenvalue weighted by Crippen LogP contribution is -2.31. The average Bonchev–Trinajstić information content (AvgIpc) is 2.09. The van der Waals surface area contributed by atoms with Crippen LogP contribution in [0.2, 0.25) is 0 Å². The molecule has 0 amide bonds. The molecule has 7 nitrogen and oxygen atoms in total. The molecular formula is C9H14N2O5S. The molecule has 0 spiro atoms. The Morgan fingerprint density at radius 2 is 2.06 bits per heavy atom. The first kappa shape index (κ1) is 13.7. The maximum atomic E-state index is 11.9. The van der Waals surface area contributed by atoms with Crippen LogP contribution < -0.4 is 11.3 Å². The largest absolute Gasteiger partial charge is 0.494 e. The number of aryl methyl sites for hydroxylation is 1. The Labute approximate surface area is 98.2 Å². The van der Waals surface area contributed by atoms with E-state index in [1.807, 2.05) is 0 Å². The van der Waals surface area contributed by atoms with Gasteiger partial charge < -0.3 is 10.8 Å². The molecule has 1 aromatic heterocycles. The van der Waals surface area contributed by atoms with Gasteiger partial charge in [0, 0.05) is 11.6 Å². The van der Waals surface area contributed by atoms with E-state index in [9.17, 15) is 18.3 Å². The molecule has 1 atom stereocenters. The van der Waals surface area contributed by atoms with Crippen LogP contribution in [0.25, 0.3) is 0 Å². The second-order valence-electron chi connectivity index (χ2n) is 3.81. The van der Waals surface area contributed by atoms with Crippen LogP contribution in [-0.2, 0) is 15.9 Å². The van der Waals surface area contributed by atoms with E-state index in [1.54, 1.807) is 0 Å². The SMILES string of the molecule is Cc1cc(O)n(C(C)N)c(=O)c1CS(=O)(=O)O. The molecule has 0 bridgehead atoms. The van der Waals surface area contributed by atoms with Crippen LogP contribution >= 0.6 is 0 Å². The Bertz CT molecular complexity index is 588. The van der Waals surface area contributed by atoms with Crippen molar-refractivity contribution in [3.63, 3.8) is 0 Å². The fourth-order valence-corrected chi connectivity index (χ4v) is 2.24. The predicted molar refractivity (Wildman–Crippen MR) is 61.3 cm³/mol. The molecule has 0 aliphatic carbocycles. The normalized spacial score (nSPS) is 13.6. The Morgan fingerprint density at radius 1 is 1.53 bits per heavy atom. The molecule has 0 saturated carbocycles. The zero-order valence-corrected chi connectivity index (χ0v) is 10.2. The minimum atomic E-state index is -4.31. The fraction of sp³-hybridized carbons (Fsp3) is 0.444. The smallest absolute Gasteiger partial charge is 0.269 e. The third-order valence-corrected chi connectivity index (χ3v) is 2.93. The second kappa shape index (κ2) is 4.47. The molecule has 1 unspecified atom stereocenters. The van der Waals surface area contributed by atoms with Gasteiger partial charge in [-0.15, -0.1) is 0 Å². The van der Waals surface area contributed by atoms with E-state index < -0.39 is 27.6 Å². The summed E-state index contributed by atoms with van der Waals surface area (Å²) in [5.41, 5.74) is 4.93. The van der Waals surface area contributed by atoms with Crippen LogP contribution in [0, 0.1) is 6.92 Å². The first-order valence-corrected chi connectivity index (χ1v) is 6.39. The number of hydrogen-bond donors (Lipinski definition) is 3. The molecule has 17 heavy (non-hydrogen) atoms. The summed E-state index contributed by atoms with van der Waals surface area (Å²) in [6, 6.07) is 1.23. The zero-order chi connectivity index (χ0) is 13.4.